The number of carbonyl (C=O) groups is 1. The summed E-state index contributed by atoms with van der Waals surface area (Å²) in [5.74, 6) is -0.753. The minimum atomic E-state index is -2.93. The fourth-order valence-corrected chi connectivity index (χ4v) is 10.9. The van der Waals surface area contributed by atoms with Crippen molar-refractivity contribution in [1.82, 2.24) is 19.6 Å². The van der Waals surface area contributed by atoms with Crippen LogP contribution >= 0.6 is 0 Å². The molecule has 258 valence electrons. The number of carbonyl (C=O) groups excluding carboxylic acids is 1. The van der Waals surface area contributed by atoms with E-state index in [0.717, 1.165) is 16.3 Å². The van der Waals surface area contributed by atoms with Crippen LogP contribution in [0.25, 0.3) is 32.9 Å². The highest BCUT2D eigenvalue weighted by atomic mass is 28.4. The smallest absolute Gasteiger partial charge is 0.279 e. The van der Waals surface area contributed by atoms with Crippen molar-refractivity contribution in [1.29, 1.82) is 0 Å². The van der Waals surface area contributed by atoms with E-state index in [2.05, 4.69) is 10.2 Å². The number of hydrogen-bond donors (Lipinski definition) is 2. The van der Waals surface area contributed by atoms with Gasteiger partial charge in [0.1, 0.15) is 0 Å². The standard InChI is InChI=1S/C39H37N5O6Si/c1-24-35(51(2,3)49)34(17-18-45)50-39(24)32-20-29(44-37(47)31-14-7-5-11-27(31)22-41-44)15-16-33(32)42(38(39)48)23-25-9-8-12-28(19-25)43-36(46)30-13-6-4-10-26(30)21-40-43/h4-16,19-22,24,34-35,45,49H,17-18,23H2,1-3H3/t24-,34+,35-,39+/m0/s1. The van der Waals surface area contributed by atoms with Gasteiger partial charge in [0.05, 0.1) is 52.9 Å². The first-order valence-electron chi connectivity index (χ1n) is 17.0. The maximum atomic E-state index is 15.0. The summed E-state index contributed by atoms with van der Waals surface area (Å²) in [6.45, 7) is 5.60. The molecule has 0 radical (unpaired) electrons. The van der Waals surface area contributed by atoms with Crippen molar-refractivity contribution in [2.45, 2.75) is 50.2 Å². The summed E-state index contributed by atoms with van der Waals surface area (Å²) >= 11 is 0. The number of aromatic nitrogens is 4. The van der Waals surface area contributed by atoms with Crippen LogP contribution in [0, 0.1) is 5.92 Å². The van der Waals surface area contributed by atoms with E-state index in [9.17, 15) is 24.3 Å². The quantitative estimate of drug-likeness (QED) is 0.227. The van der Waals surface area contributed by atoms with Crippen LogP contribution in [0.2, 0.25) is 18.6 Å². The molecule has 0 aliphatic carbocycles. The highest BCUT2D eigenvalue weighted by Gasteiger charge is 2.66. The zero-order chi connectivity index (χ0) is 35.7. The molecule has 11 nitrogen and oxygen atoms in total. The van der Waals surface area contributed by atoms with E-state index in [4.69, 9.17) is 4.74 Å². The second-order valence-electron chi connectivity index (χ2n) is 14.0. The minimum Gasteiger partial charge on any atom is -0.432 e. The molecule has 4 aromatic carbocycles. The molecule has 12 heteroatoms. The fourth-order valence-electron chi connectivity index (χ4n) is 8.27. The summed E-state index contributed by atoms with van der Waals surface area (Å²) in [5.41, 5.74) is 0.582. The summed E-state index contributed by atoms with van der Waals surface area (Å²) < 4.78 is 9.49. The molecule has 0 bridgehead atoms. The van der Waals surface area contributed by atoms with E-state index in [-0.39, 0.29) is 42.1 Å². The van der Waals surface area contributed by atoms with Crippen molar-refractivity contribution in [2.75, 3.05) is 11.5 Å². The molecule has 2 aliphatic rings. The van der Waals surface area contributed by atoms with Gasteiger partial charge in [0, 0.05) is 34.4 Å². The lowest BCUT2D eigenvalue weighted by molar-refractivity contribution is -0.146. The highest BCUT2D eigenvalue weighted by molar-refractivity contribution is 6.71. The third kappa shape index (κ3) is 5.17. The number of nitrogens with zero attached hydrogens (tertiary/aromatic N) is 5. The summed E-state index contributed by atoms with van der Waals surface area (Å²) in [7, 11) is -2.93. The van der Waals surface area contributed by atoms with Crippen molar-refractivity contribution >= 4 is 41.5 Å². The maximum absolute atomic E-state index is 15.0. The molecular formula is C39H37N5O6Si. The molecule has 1 spiro atoms. The first-order chi connectivity index (χ1) is 24.5. The lowest BCUT2D eigenvalue weighted by Gasteiger charge is -2.32. The van der Waals surface area contributed by atoms with Crippen LogP contribution < -0.4 is 16.0 Å². The topological polar surface area (TPSA) is 140 Å². The Morgan fingerprint density at radius 1 is 0.804 bits per heavy atom. The third-order valence-corrected chi connectivity index (χ3v) is 13.0. The van der Waals surface area contributed by atoms with Crippen LogP contribution in [0.5, 0.6) is 0 Å². The minimum absolute atomic E-state index is 0.155. The van der Waals surface area contributed by atoms with E-state index in [1.54, 1.807) is 53.7 Å². The van der Waals surface area contributed by atoms with Crippen LogP contribution in [-0.2, 0) is 21.7 Å². The molecule has 2 N–H and O–H groups in total. The molecule has 8 rings (SSSR count). The normalized spacial score (nSPS) is 21.6. The van der Waals surface area contributed by atoms with Gasteiger partial charge < -0.3 is 19.5 Å². The van der Waals surface area contributed by atoms with Crippen LogP contribution in [0.3, 0.4) is 0 Å². The number of hydrogen-bond acceptors (Lipinski definition) is 8. The Kier molecular flexibility index (Phi) is 7.87. The number of ether oxygens (including phenoxy) is 1. The lowest BCUT2D eigenvalue weighted by atomic mass is 9.82. The Morgan fingerprint density at radius 2 is 1.41 bits per heavy atom. The average molecular weight is 700 g/mol. The third-order valence-electron chi connectivity index (χ3n) is 10.5. The molecular weight excluding hydrogens is 663 g/mol. The second-order valence-corrected chi connectivity index (χ2v) is 18.0. The lowest BCUT2D eigenvalue weighted by Crippen LogP contribution is -2.46. The Morgan fingerprint density at radius 3 is 2.02 bits per heavy atom. The molecule has 0 saturated carbocycles. The molecule has 1 amide bonds. The highest BCUT2D eigenvalue weighted by Crippen LogP contribution is 2.60. The van der Waals surface area contributed by atoms with Gasteiger partial charge in [-0.1, -0.05) is 55.5 Å². The van der Waals surface area contributed by atoms with Gasteiger partial charge in [-0.05, 0) is 67.5 Å². The largest absolute Gasteiger partial charge is 0.432 e. The predicted octanol–water partition coefficient (Wildman–Crippen LogP) is 4.81. The number of benzene rings is 4. The van der Waals surface area contributed by atoms with Gasteiger partial charge in [0.2, 0.25) is 0 Å². The van der Waals surface area contributed by atoms with E-state index in [0.29, 0.717) is 33.4 Å². The molecule has 1 saturated heterocycles. The van der Waals surface area contributed by atoms with Gasteiger partial charge in [0.25, 0.3) is 17.0 Å². The molecule has 4 atom stereocenters. The molecule has 2 aromatic heterocycles. The van der Waals surface area contributed by atoms with Crippen LogP contribution in [-0.4, -0.2) is 56.4 Å². The Balaban J connectivity index is 1.25. The van der Waals surface area contributed by atoms with Gasteiger partial charge >= 0.3 is 0 Å². The summed E-state index contributed by atoms with van der Waals surface area (Å²) in [6.07, 6.45) is 3.00. The molecule has 0 unspecified atom stereocenters. The van der Waals surface area contributed by atoms with Gasteiger partial charge in [0.15, 0.2) is 13.9 Å². The fraction of sp³-hybridized carbons (Fsp3) is 0.256. The second kappa shape index (κ2) is 12.2. The van der Waals surface area contributed by atoms with Crippen LogP contribution in [0.1, 0.15) is 24.5 Å². The van der Waals surface area contributed by atoms with E-state index >= 15 is 0 Å². The molecule has 2 aliphatic heterocycles. The average Bonchev–Trinajstić information content (AvgIpc) is 3.55. The van der Waals surface area contributed by atoms with Crippen molar-refractivity contribution < 1.29 is 19.4 Å². The SMILES string of the molecule is C[C@H]1[C@H]([Si](C)(C)O)[C@@H](CCO)O[C@]12C(=O)N(Cc1cccc(-n3ncc4ccccc4c3=O)c1)c1ccc(-n3ncc4ccccc4c3=O)cc12. The number of rotatable bonds is 7. The monoisotopic (exact) mass is 699 g/mol. The Bertz CT molecular complexity index is 2470. The van der Waals surface area contributed by atoms with Gasteiger partial charge in [-0.2, -0.15) is 19.6 Å². The van der Waals surface area contributed by atoms with Gasteiger partial charge in [-0.3, -0.25) is 14.4 Å². The molecule has 6 aromatic rings. The van der Waals surface area contributed by atoms with Crippen molar-refractivity contribution in [3.8, 4) is 11.4 Å². The summed E-state index contributed by atoms with van der Waals surface area (Å²) in [6, 6.07) is 27.3. The van der Waals surface area contributed by atoms with E-state index < -0.39 is 25.9 Å². The van der Waals surface area contributed by atoms with Gasteiger partial charge in [-0.15, -0.1) is 0 Å². The van der Waals surface area contributed by atoms with E-state index in [1.165, 1.54) is 9.36 Å². The summed E-state index contributed by atoms with van der Waals surface area (Å²) in [5, 5.41) is 21.5. The predicted molar refractivity (Wildman–Crippen MR) is 197 cm³/mol. The number of aliphatic hydroxyl groups is 1. The van der Waals surface area contributed by atoms with Crippen LogP contribution in [0.4, 0.5) is 5.69 Å². The van der Waals surface area contributed by atoms with Crippen molar-refractivity contribution in [2.24, 2.45) is 5.92 Å². The number of anilines is 1. The number of aliphatic hydroxyl groups excluding tert-OH is 1. The molecule has 4 heterocycles. The maximum Gasteiger partial charge on any atom is 0.279 e. The molecule has 1 fully saturated rings. The van der Waals surface area contributed by atoms with E-state index in [1.807, 2.05) is 74.6 Å². The van der Waals surface area contributed by atoms with Crippen molar-refractivity contribution in [3.05, 3.63) is 135 Å². The number of amides is 1. The Hall–Kier alpha value is -5.27. The zero-order valence-electron chi connectivity index (χ0n) is 28.4. The number of fused-ring (bicyclic) bond motifs is 4. The van der Waals surface area contributed by atoms with Gasteiger partial charge in [-0.25, -0.2) is 0 Å². The Labute approximate surface area is 294 Å². The molecule has 51 heavy (non-hydrogen) atoms. The summed E-state index contributed by atoms with van der Waals surface area (Å²) in [4.78, 5) is 55.2. The zero-order valence-corrected chi connectivity index (χ0v) is 29.4. The van der Waals surface area contributed by atoms with Crippen molar-refractivity contribution in [3.63, 3.8) is 0 Å². The first-order valence-corrected chi connectivity index (χ1v) is 20.1. The first kappa shape index (κ1) is 32.9. The van der Waals surface area contributed by atoms with Crippen LogP contribution in [0.15, 0.2) is 113 Å².